The molecule has 0 saturated heterocycles. The van der Waals surface area contributed by atoms with E-state index in [4.69, 9.17) is 9.47 Å². The van der Waals surface area contributed by atoms with Crippen LogP contribution in [0, 0.1) is 11.3 Å². The van der Waals surface area contributed by atoms with Gasteiger partial charge in [0.1, 0.15) is 5.78 Å². The van der Waals surface area contributed by atoms with Crippen LogP contribution in [0.25, 0.3) is 0 Å². The van der Waals surface area contributed by atoms with Gasteiger partial charge in [-0.2, -0.15) is 0 Å². The van der Waals surface area contributed by atoms with E-state index in [1.54, 1.807) is 13.8 Å². The summed E-state index contributed by atoms with van der Waals surface area (Å²) in [5.41, 5.74) is -1.57. The van der Waals surface area contributed by atoms with Crippen LogP contribution < -0.4 is 0 Å². The Balaban J connectivity index is 5.26. The standard InChI is InChI=1S/C12H20O5/c1-6-16-10(14)12(5,8(3)9(4)13)11(15)17-7-2/h8H,6-7H2,1-5H3. The predicted molar refractivity (Wildman–Crippen MR) is 61.2 cm³/mol. The van der Waals surface area contributed by atoms with Gasteiger partial charge in [-0.15, -0.1) is 0 Å². The van der Waals surface area contributed by atoms with Crippen molar-refractivity contribution < 1.29 is 23.9 Å². The molecule has 5 nitrogen and oxygen atoms in total. The van der Waals surface area contributed by atoms with Crippen molar-refractivity contribution in [2.24, 2.45) is 11.3 Å². The van der Waals surface area contributed by atoms with Crippen molar-refractivity contribution in [2.45, 2.75) is 34.6 Å². The van der Waals surface area contributed by atoms with Gasteiger partial charge in [-0.05, 0) is 27.7 Å². The molecule has 1 unspecified atom stereocenters. The Morgan fingerprint density at radius 3 is 1.65 bits per heavy atom. The molecule has 0 aromatic heterocycles. The first-order valence-electron chi connectivity index (χ1n) is 5.67. The van der Waals surface area contributed by atoms with Crippen LogP contribution in [0.3, 0.4) is 0 Å². The van der Waals surface area contributed by atoms with E-state index >= 15 is 0 Å². The van der Waals surface area contributed by atoms with Crippen LogP contribution in [0.2, 0.25) is 0 Å². The quantitative estimate of drug-likeness (QED) is 0.521. The van der Waals surface area contributed by atoms with Gasteiger partial charge in [0.25, 0.3) is 0 Å². The van der Waals surface area contributed by atoms with Crippen molar-refractivity contribution in [3.63, 3.8) is 0 Å². The molecule has 0 amide bonds. The minimum Gasteiger partial charge on any atom is -0.465 e. The van der Waals surface area contributed by atoms with Gasteiger partial charge in [0, 0.05) is 5.92 Å². The summed E-state index contributed by atoms with van der Waals surface area (Å²) in [6.45, 7) is 7.83. The Labute approximate surface area is 101 Å². The van der Waals surface area contributed by atoms with Crippen molar-refractivity contribution in [3.8, 4) is 0 Å². The molecule has 17 heavy (non-hydrogen) atoms. The van der Waals surface area contributed by atoms with Crippen LogP contribution >= 0.6 is 0 Å². The lowest BCUT2D eigenvalue weighted by Crippen LogP contribution is -2.46. The number of esters is 2. The van der Waals surface area contributed by atoms with E-state index < -0.39 is 23.3 Å². The maximum atomic E-state index is 11.9. The minimum absolute atomic E-state index is 0.151. The number of hydrogen-bond donors (Lipinski definition) is 0. The van der Waals surface area contributed by atoms with Crippen LogP contribution in [-0.2, 0) is 23.9 Å². The highest BCUT2D eigenvalue weighted by Gasteiger charge is 2.50. The Morgan fingerprint density at radius 2 is 1.41 bits per heavy atom. The third-order valence-corrected chi connectivity index (χ3v) is 2.87. The number of carbonyl (C=O) groups excluding carboxylic acids is 3. The molecule has 0 N–H and O–H groups in total. The second-order valence-corrected chi connectivity index (χ2v) is 3.98. The summed E-state index contributed by atoms with van der Waals surface area (Å²) < 4.78 is 9.71. The van der Waals surface area contributed by atoms with Crippen LogP contribution in [-0.4, -0.2) is 30.9 Å². The second kappa shape index (κ2) is 6.37. The number of ketones is 1. The highest BCUT2D eigenvalue weighted by atomic mass is 16.6. The number of Topliss-reactive ketones (excluding diaryl/α,β-unsaturated/α-hetero) is 1. The molecule has 0 aliphatic rings. The summed E-state index contributed by atoms with van der Waals surface area (Å²) in [6, 6.07) is 0. The third-order valence-electron chi connectivity index (χ3n) is 2.87. The molecule has 0 rings (SSSR count). The molecule has 0 aliphatic carbocycles. The van der Waals surface area contributed by atoms with E-state index in [9.17, 15) is 14.4 Å². The number of hydrogen-bond acceptors (Lipinski definition) is 5. The Morgan fingerprint density at radius 1 is 1.06 bits per heavy atom. The van der Waals surface area contributed by atoms with E-state index in [-0.39, 0.29) is 19.0 Å². The molecular formula is C12H20O5. The molecule has 0 radical (unpaired) electrons. The molecule has 0 aromatic rings. The van der Waals surface area contributed by atoms with Gasteiger partial charge >= 0.3 is 11.9 Å². The largest absolute Gasteiger partial charge is 0.465 e. The first kappa shape index (κ1) is 15.6. The SMILES string of the molecule is CCOC(=O)C(C)(C(=O)OCC)C(C)C(C)=O. The summed E-state index contributed by atoms with van der Waals surface area (Å²) in [4.78, 5) is 35.1. The van der Waals surface area contributed by atoms with Crippen molar-refractivity contribution in [2.75, 3.05) is 13.2 Å². The smallest absolute Gasteiger partial charge is 0.323 e. The highest BCUT2D eigenvalue weighted by Crippen LogP contribution is 2.31. The van der Waals surface area contributed by atoms with E-state index in [0.717, 1.165) is 0 Å². The van der Waals surface area contributed by atoms with E-state index in [2.05, 4.69) is 0 Å². The zero-order valence-corrected chi connectivity index (χ0v) is 11.0. The lowest BCUT2D eigenvalue weighted by molar-refractivity contribution is -0.176. The fourth-order valence-corrected chi connectivity index (χ4v) is 1.41. The lowest BCUT2D eigenvalue weighted by Gasteiger charge is -2.29. The van der Waals surface area contributed by atoms with E-state index in [1.807, 2.05) is 0 Å². The van der Waals surface area contributed by atoms with Crippen molar-refractivity contribution in [3.05, 3.63) is 0 Å². The lowest BCUT2D eigenvalue weighted by atomic mass is 9.76. The zero-order chi connectivity index (χ0) is 13.6. The molecule has 5 heteroatoms. The normalized spacial score (nSPS) is 12.8. The molecule has 0 bridgehead atoms. The minimum atomic E-state index is -1.57. The van der Waals surface area contributed by atoms with Gasteiger partial charge in [-0.1, -0.05) is 6.92 Å². The van der Waals surface area contributed by atoms with E-state index in [1.165, 1.54) is 20.8 Å². The average molecular weight is 244 g/mol. The maximum Gasteiger partial charge on any atom is 0.323 e. The second-order valence-electron chi connectivity index (χ2n) is 3.98. The fourth-order valence-electron chi connectivity index (χ4n) is 1.41. The summed E-state index contributed by atoms with van der Waals surface area (Å²) in [5.74, 6) is -2.48. The fraction of sp³-hybridized carbons (Fsp3) is 0.750. The number of ether oxygens (including phenoxy) is 2. The topological polar surface area (TPSA) is 69.7 Å². The Kier molecular flexibility index (Phi) is 5.85. The molecule has 0 fully saturated rings. The molecule has 98 valence electrons. The Hall–Kier alpha value is -1.39. The first-order valence-corrected chi connectivity index (χ1v) is 5.67. The molecule has 0 heterocycles. The molecule has 0 spiro atoms. The van der Waals surface area contributed by atoms with Crippen LogP contribution in [0.5, 0.6) is 0 Å². The molecular weight excluding hydrogens is 224 g/mol. The van der Waals surface area contributed by atoms with Crippen LogP contribution in [0.1, 0.15) is 34.6 Å². The van der Waals surface area contributed by atoms with Gasteiger partial charge < -0.3 is 9.47 Å². The number of carbonyl (C=O) groups is 3. The summed E-state index contributed by atoms with van der Waals surface area (Å²) >= 11 is 0. The zero-order valence-electron chi connectivity index (χ0n) is 11.0. The Bertz CT molecular complexity index is 290. The predicted octanol–water partition coefficient (Wildman–Crippen LogP) is 1.34. The van der Waals surface area contributed by atoms with Gasteiger partial charge in [-0.3, -0.25) is 14.4 Å². The molecule has 1 atom stereocenters. The van der Waals surface area contributed by atoms with Crippen LogP contribution in [0.4, 0.5) is 0 Å². The molecule has 0 saturated carbocycles. The summed E-state index contributed by atoms with van der Waals surface area (Å²) in [7, 11) is 0. The molecule has 0 aromatic carbocycles. The molecule has 0 aliphatic heterocycles. The maximum absolute atomic E-state index is 11.9. The van der Waals surface area contributed by atoms with Gasteiger partial charge in [0.2, 0.25) is 0 Å². The number of rotatable bonds is 6. The first-order chi connectivity index (χ1) is 7.82. The van der Waals surface area contributed by atoms with Crippen molar-refractivity contribution in [1.82, 2.24) is 0 Å². The summed E-state index contributed by atoms with van der Waals surface area (Å²) in [5, 5.41) is 0. The third kappa shape index (κ3) is 3.28. The van der Waals surface area contributed by atoms with Gasteiger partial charge in [0.15, 0.2) is 5.41 Å². The van der Waals surface area contributed by atoms with E-state index in [0.29, 0.717) is 0 Å². The average Bonchev–Trinajstić information content (AvgIpc) is 2.27. The van der Waals surface area contributed by atoms with Gasteiger partial charge in [-0.25, -0.2) is 0 Å². The van der Waals surface area contributed by atoms with Gasteiger partial charge in [0.05, 0.1) is 13.2 Å². The van der Waals surface area contributed by atoms with Crippen LogP contribution in [0.15, 0.2) is 0 Å². The summed E-state index contributed by atoms with van der Waals surface area (Å²) in [6.07, 6.45) is 0. The van der Waals surface area contributed by atoms with Crippen molar-refractivity contribution in [1.29, 1.82) is 0 Å². The highest BCUT2D eigenvalue weighted by molar-refractivity contribution is 6.04. The van der Waals surface area contributed by atoms with Crippen molar-refractivity contribution >= 4 is 17.7 Å². The monoisotopic (exact) mass is 244 g/mol.